The van der Waals surface area contributed by atoms with Gasteiger partial charge in [0.15, 0.2) is 0 Å². The Bertz CT molecular complexity index is 676. The van der Waals surface area contributed by atoms with Crippen LogP contribution in [0, 0.1) is 6.92 Å². The van der Waals surface area contributed by atoms with Crippen LogP contribution in [0.15, 0.2) is 28.9 Å². The van der Waals surface area contributed by atoms with Crippen molar-refractivity contribution in [1.29, 1.82) is 0 Å². The summed E-state index contributed by atoms with van der Waals surface area (Å²) < 4.78 is 7.57. The van der Waals surface area contributed by atoms with Crippen molar-refractivity contribution in [3.8, 4) is 0 Å². The zero-order valence-corrected chi connectivity index (χ0v) is 14.0. The normalized spacial score (nSPS) is 19.3. The van der Waals surface area contributed by atoms with E-state index in [-0.39, 0.29) is 11.9 Å². The SMILES string of the molecule is Cc1ccc(CCC(=O)N2CCN(C)[C@@H](c3nccn3C)C2)o1. The number of aromatic nitrogens is 2. The molecule has 1 saturated heterocycles. The molecule has 0 saturated carbocycles. The standard InChI is InChI=1S/C17H24N4O2/c1-13-4-5-14(23-13)6-7-16(22)21-11-10-19(2)15(12-21)17-18-8-9-20(17)3/h4-5,8-9,15H,6-7,10-12H2,1-3H3/t15-/m1/s1. The van der Waals surface area contributed by atoms with Crippen LogP contribution in [0.5, 0.6) is 0 Å². The zero-order valence-electron chi connectivity index (χ0n) is 14.0. The summed E-state index contributed by atoms with van der Waals surface area (Å²) >= 11 is 0. The lowest BCUT2D eigenvalue weighted by atomic mass is 10.1. The number of nitrogens with zero attached hydrogens (tertiary/aromatic N) is 4. The van der Waals surface area contributed by atoms with E-state index in [9.17, 15) is 4.79 Å². The molecule has 2 aromatic rings. The van der Waals surface area contributed by atoms with Crippen molar-refractivity contribution in [2.45, 2.75) is 25.8 Å². The molecule has 0 bridgehead atoms. The Morgan fingerprint density at radius 2 is 2.17 bits per heavy atom. The fourth-order valence-electron chi connectivity index (χ4n) is 3.08. The third kappa shape index (κ3) is 3.47. The van der Waals surface area contributed by atoms with Crippen molar-refractivity contribution in [3.05, 3.63) is 41.9 Å². The number of hydrogen-bond donors (Lipinski definition) is 0. The molecular weight excluding hydrogens is 292 g/mol. The fourth-order valence-corrected chi connectivity index (χ4v) is 3.08. The van der Waals surface area contributed by atoms with Gasteiger partial charge in [0.25, 0.3) is 0 Å². The van der Waals surface area contributed by atoms with Gasteiger partial charge in [-0.15, -0.1) is 0 Å². The van der Waals surface area contributed by atoms with E-state index >= 15 is 0 Å². The molecule has 1 fully saturated rings. The van der Waals surface area contributed by atoms with Crippen molar-refractivity contribution in [2.24, 2.45) is 7.05 Å². The number of imidazole rings is 1. The van der Waals surface area contributed by atoms with E-state index in [1.54, 1.807) is 0 Å². The topological polar surface area (TPSA) is 54.5 Å². The van der Waals surface area contributed by atoms with Crippen LogP contribution in [0.2, 0.25) is 0 Å². The van der Waals surface area contributed by atoms with Gasteiger partial charge < -0.3 is 13.9 Å². The summed E-state index contributed by atoms with van der Waals surface area (Å²) in [5.74, 6) is 2.96. The molecule has 3 heterocycles. The average molecular weight is 316 g/mol. The highest BCUT2D eigenvalue weighted by Crippen LogP contribution is 2.23. The highest BCUT2D eigenvalue weighted by molar-refractivity contribution is 5.76. The Morgan fingerprint density at radius 1 is 1.35 bits per heavy atom. The lowest BCUT2D eigenvalue weighted by Crippen LogP contribution is -2.49. The quantitative estimate of drug-likeness (QED) is 0.862. The van der Waals surface area contributed by atoms with E-state index in [0.29, 0.717) is 19.4 Å². The van der Waals surface area contributed by atoms with Crippen molar-refractivity contribution < 1.29 is 9.21 Å². The number of piperazine rings is 1. The van der Waals surface area contributed by atoms with Gasteiger partial charge in [0, 0.05) is 51.9 Å². The molecule has 3 rings (SSSR count). The van der Waals surface area contributed by atoms with Crippen LogP contribution in [-0.4, -0.2) is 51.9 Å². The Hall–Kier alpha value is -2.08. The van der Waals surface area contributed by atoms with Crippen LogP contribution in [0.4, 0.5) is 0 Å². The summed E-state index contributed by atoms with van der Waals surface area (Å²) in [6.07, 6.45) is 4.91. The van der Waals surface area contributed by atoms with Crippen molar-refractivity contribution >= 4 is 5.91 Å². The van der Waals surface area contributed by atoms with E-state index < -0.39 is 0 Å². The molecule has 1 aliphatic heterocycles. The highest BCUT2D eigenvalue weighted by atomic mass is 16.3. The first-order valence-electron chi connectivity index (χ1n) is 8.05. The predicted octanol–water partition coefficient (Wildman–Crippen LogP) is 1.77. The van der Waals surface area contributed by atoms with Crippen LogP contribution in [0.3, 0.4) is 0 Å². The van der Waals surface area contributed by atoms with Gasteiger partial charge in [0.05, 0.1) is 6.04 Å². The minimum Gasteiger partial charge on any atom is -0.466 e. The first-order valence-corrected chi connectivity index (χ1v) is 8.05. The second-order valence-corrected chi connectivity index (χ2v) is 6.24. The molecule has 1 atom stereocenters. The fraction of sp³-hybridized carbons (Fsp3) is 0.529. The highest BCUT2D eigenvalue weighted by Gasteiger charge is 2.30. The average Bonchev–Trinajstić information content (AvgIpc) is 3.14. The Labute approximate surface area is 136 Å². The van der Waals surface area contributed by atoms with Crippen LogP contribution in [0.25, 0.3) is 0 Å². The molecule has 2 aromatic heterocycles. The van der Waals surface area contributed by atoms with Gasteiger partial charge in [-0.2, -0.15) is 0 Å². The summed E-state index contributed by atoms with van der Waals surface area (Å²) in [5, 5.41) is 0. The van der Waals surface area contributed by atoms with Gasteiger partial charge in [-0.25, -0.2) is 4.98 Å². The van der Waals surface area contributed by atoms with Crippen LogP contribution in [0.1, 0.15) is 29.8 Å². The molecule has 124 valence electrons. The number of furan rings is 1. The Morgan fingerprint density at radius 3 is 2.83 bits per heavy atom. The van der Waals surface area contributed by atoms with Crippen molar-refractivity contribution in [1.82, 2.24) is 19.4 Å². The Kier molecular flexibility index (Phi) is 4.52. The lowest BCUT2D eigenvalue weighted by molar-refractivity contribution is -0.134. The smallest absolute Gasteiger partial charge is 0.223 e. The molecule has 0 unspecified atom stereocenters. The molecule has 0 aliphatic carbocycles. The molecule has 1 amide bonds. The maximum Gasteiger partial charge on any atom is 0.223 e. The maximum absolute atomic E-state index is 12.5. The first kappa shape index (κ1) is 15.8. The van der Waals surface area contributed by atoms with Gasteiger partial charge in [-0.3, -0.25) is 9.69 Å². The molecule has 23 heavy (non-hydrogen) atoms. The van der Waals surface area contributed by atoms with Crippen molar-refractivity contribution in [2.75, 3.05) is 26.7 Å². The maximum atomic E-state index is 12.5. The van der Waals surface area contributed by atoms with E-state index in [1.165, 1.54) is 0 Å². The van der Waals surface area contributed by atoms with E-state index in [4.69, 9.17) is 4.42 Å². The minimum absolute atomic E-state index is 0.151. The summed E-state index contributed by atoms with van der Waals surface area (Å²) in [7, 11) is 4.09. The summed E-state index contributed by atoms with van der Waals surface area (Å²) in [5.41, 5.74) is 0. The molecule has 0 N–H and O–H groups in total. The van der Waals surface area contributed by atoms with Gasteiger partial charge in [0.2, 0.25) is 5.91 Å². The third-order valence-corrected chi connectivity index (χ3v) is 4.54. The zero-order chi connectivity index (χ0) is 16.4. The number of amides is 1. The molecule has 1 aliphatic rings. The van der Waals surface area contributed by atoms with Crippen molar-refractivity contribution in [3.63, 3.8) is 0 Å². The monoisotopic (exact) mass is 316 g/mol. The first-order chi connectivity index (χ1) is 11.0. The van der Waals surface area contributed by atoms with E-state index in [1.807, 2.05) is 48.0 Å². The minimum atomic E-state index is 0.151. The van der Waals surface area contributed by atoms with Gasteiger partial charge in [0.1, 0.15) is 17.3 Å². The van der Waals surface area contributed by atoms with Crippen LogP contribution in [-0.2, 0) is 18.3 Å². The number of hydrogen-bond acceptors (Lipinski definition) is 4. The van der Waals surface area contributed by atoms with E-state index in [2.05, 4.69) is 16.9 Å². The lowest BCUT2D eigenvalue weighted by Gasteiger charge is -2.39. The molecule has 0 radical (unpaired) electrons. The number of rotatable bonds is 4. The van der Waals surface area contributed by atoms with Gasteiger partial charge in [-0.05, 0) is 26.1 Å². The number of likely N-dealkylation sites (N-methyl/N-ethyl adjacent to an activating group) is 1. The van der Waals surface area contributed by atoms with Gasteiger partial charge >= 0.3 is 0 Å². The predicted molar refractivity (Wildman–Crippen MR) is 86.9 cm³/mol. The molecule has 0 aromatic carbocycles. The van der Waals surface area contributed by atoms with Gasteiger partial charge in [-0.1, -0.05) is 0 Å². The second-order valence-electron chi connectivity index (χ2n) is 6.24. The summed E-state index contributed by atoms with van der Waals surface area (Å²) in [6.45, 7) is 4.25. The van der Waals surface area contributed by atoms with Crippen LogP contribution < -0.4 is 0 Å². The Balaban J connectivity index is 1.61. The van der Waals surface area contributed by atoms with Crippen LogP contribution >= 0.6 is 0 Å². The summed E-state index contributed by atoms with van der Waals surface area (Å²) in [4.78, 5) is 21.2. The molecule has 6 nitrogen and oxygen atoms in total. The second kappa shape index (κ2) is 6.58. The third-order valence-electron chi connectivity index (χ3n) is 4.54. The molecular formula is C17H24N4O2. The molecule has 6 heteroatoms. The number of aryl methyl sites for hydroxylation is 3. The van der Waals surface area contributed by atoms with E-state index in [0.717, 1.165) is 30.4 Å². The molecule has 0 spiro atoms. The number of carbonyl (C=O) groups excluding carboxylic acids is 1. The number of carbonyl (C=O) groups is 1. The largest absolute Gasteiger partial charge is 0.466 e. The summed E-state index contributed by atoms with van der Waals surface area (Å²) in [6, 6.07) is 4.04.